The highest BCUT2D eigenvalue weighted by Gasteiger charge is 2.13. The van der Waals surface area contributed by atoms with Gasteiger partial charge in [-0.15, -0.1) is 0 Å². The lowest BCUT2D eigenvalue weighted by molar-refractivity contribution is -0.154. The minimum Gasteiger partial charge on any atom is -0.457 e. The molecule has 0 aliphatic rings. The number of hydrogen-bond acceptors (Lipinski definition) is 4. The largest absolute Gasteiger partial charge is 0.457 e. The highest BCUT2D eigenvalue weighted by molar-refractivity contribution is 5.69. The minimum atomic E-state index is -0.551. The van der Waals surface area contributed by atoms with E-state index in [1.165, 1.54) is 89.9 Å². The Morgan fingerprint density at radius 3 is 1.31 bits per heavy atom. The monoisotopic (exact) mass is 723 g/mol. The van der Waals surface area contributed by atoms with Gasteiger partial charge in [-0.1, -0.05) is 195 Å². The molecule has 0 radical (unpaired) electrons. The van der Waals surface area contributed by atoms with Crippen molar-refractivity contribution in [3.05, 3.63) is 85.1 Å². The van der Waals surface area contributed by atoms with Crippen LogP contribution in [0.1, 0.15) is 187 Å². The standard InChI is InChI=1S/C48H82O4/c1-3-5-7-9-11-13-15-17-19-20-21-22-23-24-25-26-27-28-29-30-32-34-36-38-40-42-44-51-46-47(45-49)52-48(50)43-41-39-37-35-33-31-18-16-14-12-10-8-6-4-2/h5,7,11,13,17,19,21-22,24-25,27-28,30,32,47,49H,3-4,6,8-10,12,14-16,18,20,23,26,29,31,33-46H2,1-2H3/b7-5-,13-11-,19-17-,22-21-,25-24-,28-27-,32-30-. The van der Waals surface area contributed by atoms with Gasteiger partial charge in [0.2, 0.25) is 0 Å². The summed E-state index contributed by atoms with van der Waals surface area (Å²) in [4.78, 5) is 12.2. The van der Waals surface area contributed by atoms with Gasteiger partial charge in [0.25, 0.3) is 0 Å². The lowest BCUT2D eigenvalue weighted by Gasteiger charge is -2.15. The third-order valence-electron chi connectivity index (χ3n) is 8.98. The minimum absolute atomic E-state index is 0.185. The van der Waals surface area contributed by atoms with Crippen molar-refractivity contribution >= 4 is 5.97 Å². The average Bonchev–Trinajstić information content (AvgIpc) is 3.15. The Bertz CT molecular complexity index is 938. The molecule has 0 aliphatic heterocycles. The van der Waals surface area contributed by atoms with Crippen molar-refractivity contribution in [3.8, 4) is 0 Å². The van der Waals surface area contributed by atoms with Gasteiger partial charge in [0.1, 0.15) is 6.10 Å². The lowest BCUT2D eigenvalue weighted by Crippen LogP contribution is -2.27. The molecule has 0 rings (SSSR count). The molecule has 298 valence electrons. The van der Waals surface area contributed by atoms with Crippen molar-refractivity contribution in [1.29, 1.82) is 0 Å². The van der Waals surface area contributed by atoms with E-state index in [0.29, 0.717) is 13.0 Å². The van der Waals surface area contributed by atoms with E-state index >= 15 is 0 Å². The highest BCUT2D eigenvalue weighted by atomic mass is 16.6. The van der Waals surface area contributed by atoms with E-state index in [9.17, 15) is 9.90 Å². The fraction of sp³-hybridized carbons (Fsp3) is 0.688. The summed E-state index contributed by atoms with van der Waals surface area (Å²) in [6, 6.07) is 0. The van der Waals surface area contributed by atoms with E-state index in [2.05, 4.69) is 98.9 Å². The first kappa shape index (κ1) is 49.6. The summed E-state index contributed by atoms with van der Waals surface area (Å²) in [5.74, 6) is -0.213. The van der Waals surface area contributed by atoms with Crippen molar-refractivity contribution in [2.24, 2.45) is 0 Å². The Morgan fingerprint density at radius 2 is 0.865 bits per heavy atom. The zero-order valence-electron chi connectivity index (χ0n) is 34.0. The summed E-state index contributed by atoms with van der Waals surface area (Å²) in [6.07, 6.45) is 62.1. The molecular formula is C48H82O4. The average molecular weight is 723 g/mol. The number of carbonyl (C=O) groups is 1. The fourth-order valence-corrected chi connectivity index (χ4v) is 5.78. The Labute approximate surface area is 322 Å². The lowest BCUT2D eigenvalue weighted by atomic mass is 10.0. The smallest absolute Gasteiger partial charge is 0.306 e. The predicted molar refractivity (Wildman–Crippen MR) is 228 cm³/mol. The number of aliphatic hydroxyl groups is 1. The van der Waals surface area contributed by atoms with Crippen LogP contribution in [-0.4, -0.2) is 37.0 Å². The first-order chi connectivity index (χ1) is 25.7. The van der Waals surface area contributed by atoms with Gasteiger partial charge in [-0.2, -0.15) is 0 Å². The van der Waals surface area contributed by atoms with Gasteiger partial charge in [-0.05, 0) is 70.6 Å². The predicted octanol–water partition coefficient (Wildman–Crippen LogP) is 14.4. The number of esters is 1. The molecule has 0 amide bonds. The van der Waals surface area contributed by atoms with Crippen LogP contribution in [0.5, 0.6) is 0 Å². The summed E-state index contributed by atoms with van der Waals surface area (Å²) in [5.41, 5.74) is 0. The molecule has 0 aliphatic carbocycles. The van der Waals surface area contributed by atoms with Crippen molar-refractivity contribution < 1.29 is 19.4 Å². The van der Waals surface area contributed by atoms with Crippen LogP contribution in [-0.2, 0) is 14.3 Å². The van der Waals surface area contributed by atoms with Crippen molar-refractivity contribution in [2.45, 2.75) is 193 Å². The number of unbranched alkanes of at least 4 members (excludes halogenated alkanes) is 17. The van der Waals surface area contributed by atoms with Crippen molar-refractivity contribution in [1.82, 2.24) is 0 Å². The maximum absolute atomic E-state index is 12.2. The quantitative estimate of drug-likeness (QED) is 0.0390. The van der Waals surface area contributed by atoms with Gasteiger partial charge in [-0.3, -0.25) is 4.79 Å². The summed E-state index contributed by atoms with van der Waals surface area (Å²) in [5, 5.41) is 9.59. The Balaban J connectivity index is 3.55. The summed E-state index contributed by atoms with van der Waals surface area (Å²) >= 11 is 0. The van der Waals surface area contributed by atoms with E-state index < -0.39 is 6.10 Å². The summed E-state index contributed by atoms with van der Waals surface area (Å²) < 4.78 is 11.1. The molecule has 52 heavy (non-hydrogen) atoms. The van der Waals surface area contributed by atoms with Crippen LogP contribution in [0.25, 0.3) is 0 Å². The van der Waals surface area contributed by atoms with Gasteiger partial charge in [0.05, 0.1) is 13.2 Å². The number of aliphatic hydroxyl groups excluding tert-OH is 1. The zero-order valence-corrected chi connectivity index (χ0v) is 34.0. The number of ether oxygens (including phenoxy) is 2. The SMILES string of the molecule is CC/C=C\C/C=C\C/C=C\C/C=C\C/C=C\C/C=C\C/C=C\CCCCCCOCC(CO)OC(=O)CCCCCCCCCCCCCCCC. The molecule has 0 heterocycles. The van der Waals surface area contributed by atoms with Crippen molar-refractivity contribution in [2.75, 3.05) is 19.8 Å². The number of rotatable bonds is 39. The highest BCUT2D eigenvalue weighted by Crippen LogP contribution is 2.14. The molecule has 0 fully saturated rings. The molecule has 1 atom stereocenters. The Kier molecular flexibility index (Phi) is 42.6. The second-order valence-corrected chi connectivity index (χ2v) is 14.0. The molecule has 0 spiro atoms. The molecule has 4 nitrogen and oxygen atoms in total. The van der Waals surface area contributed by atoms with Crippen LogP contribution >= 0.6 is 0 Å². The zero-order chi connectivity index (χ0) is 37.7. The fourth-order valence-electron chi connectivity index (χ4n) is 5.78. The van der Waals surface area contributed by atoms with E-state index in [0.717, 1.165) is 77.0 Å². The summed E-state index contributed by atoms with van der Waals surface area (Å²) in [6.45, 7) is 5.17. The second-order valence-electron chi connectivity index (χ2n) is 14.0. The van der Waals surface area contributed by atoms with Crippen LogP contribution in [0.15, 0.2) is 85.1 Å². The number of allylic oxidation sites excluding steroid dienone is 14. The Morgan fingerprint density at radius 1 is 0.481 bits per heavy atom. The molecule has 4 heteroatoms. The van der Waals surface area contributed by atoms with Gasteiger partial charge in [-0.25, -0.2) is 0 Å². The molecule has 0 aromatic carbocycles. The van der Waals surface area contributed by atoms with Crippen LogP contribution in [0, 0.1) is 0 Å². The van der Waals surface area contributed by atoms with Gasteiger partial charge < -0.3 is 14.6 Å². The third-order valence-corrected chi connectivity index (χ3v) is 8.98. The topological polar surface area (TPSA) is 55.8 Å². The van der Waals surface area contributed by atoms with E-state index in [1.807, 2.05) is 0 Å². The van der Waals surface area contributed by atoms with Gasteiger partial charge in [0, 0.05) is 13.0 Å². The molecule has 1 unspecified atom stereocenters. The molecule has 0 bridgehead atoms. The maximum Gasteiger partial charge on any atom is 0.306 e. The molecule has 0 saturated heterocycles. The maximum atomic E-state index is 12.2. The van der Waals surface area contributed by atoms with Crippen molar-refractivity contribution in [3.63, 3.8) is 0 Å². The van der Waals surface area contributed by atoms with Gasteiger partial charge >= 0.3 is 5.97 Å². The summed E-state index contributed by atoms with van der Waals surface area (Å²) in [7, 11) is 0. The van der Waals surface area contributed by atoms with Crippen LogP contribution in [0.4, 0.5) is 0 Å². The van der Waals surface area contributed by atoms with E-state index in [1.54, 1.807) is 0 Å². The first-order valence-corrected chi connectivity index (χ1v) is 21.7. The van der Waals surface area contributed by atoms with Crippen LogP contribution < -0.4 is 0 Å². The molecular weight excluding hydrogens is 641 g/mol. The second kappa shape index (κ2) is 44.7. The number of carbonyl (C=O) groups excluding carboxylic acids is 1. The normalized spacial score (nSPS) is 13.2. The molecule has 1 N–H and O–H groups in total. The van der Waals surface area contributed by atoms with Gasteiger partial charge in [0.15, 0.2) is 0 Å². The molecule has 0 aromatic heterocycles. The van der Waals surface area contributed by atoms with Crippen LogP contribution in [0.2, 0.25) is 0 Å². The Hall–Kier alpha value is -2.43. The van der Waals surface area contributed by atoms with Crippen LogP contribution in [0.3, 0.4) is 0 Å². The third kappa shape index (κ3) is 42.0. The van der Waals surface area contributed by atoms with E-state index in [4.69, 9.17) is 9.47 Å². The first-order valence-electron chi connectivity index (χ1n) is 21.7. The molecule has 0 aromatic rings. The molecule has 0 saturated carbocycles. The van der Waals surface area contributed by atoms with E-state index in [-0.39, 0.29) is 19.2 Å². The number of hydrogen-bond donors (Lipinski definition) is 1.